The van der Waals surface area contributed by atoms with Crippen LogP contribution in [0, 0.1) is 0 Å². The fraction of sp³-hybridized carbons (Fsp3) is 0.308. The van der Waals surface area contributed by atoms with Crippen LogP contribution in [0.1, 0.15) is 105 Å². The van der Waals surface area contributed by atoms with Crippen molar-refractivity contribution in [3.63, 3.8) is 0 Å². The quantitative estimate of drug-likeness (QED) is 0.155. The molecule has 0 atom stereocenters. The van der Waals surface area contributed by atoms with Crippen molar-refractivity contribution in [2.45, 2.75) is 105 Å². The SMILES string of the molecule is CC(C)(C)c1ccc(N2c3cc4c(cc3B3c5c(cc(C(C)(C)C)cc52)-c2cc(C(C)(C)C)cc5c2N3c2ccc(C(C)(C)C)cc2O5)sc2ccccc24)cc1. The minimum absolute atomic E-state index is 0.0185. The van der Waals surface area contributed by atoms with Crippen molar-refractivity contribution in [3.8, 4) is 22.6 Å². The second-order valence-electron chi connectivity index (χ2n) is 20.8. The lowest BCUT2D eigenvalue weighted by molar-refractivity contribution is 0.470. The summed E-state index contributed by atoms with van der Waals surface area (Å²) in [4.78, 5) is 5.23. The maximum Gasteiger partial charge on any atom is 0.333 e. The zero-order valence-corrected chi connectivity index (χ0v) is 36.4. The van der Waals surface area contributed by atoms with Crippen molar-refractivity contribution >= 4 is 77.7 Å². The van der Waals surface area contributed by atoms with E-state index >= 15 is 0 Å². The van der Waals surface area contributed by atoms with Gasteiger partial charge in [0, 0.05) is 42.8 Å². The van der Waals surface area contributed by atoms with Crippen molar-refractivity contribution in [1.82, 2.24) is 0 Å². The summed E-state index contributed by atoms with van der Waals surface area (Å²) in [7, 11) is 0. The molecule has 57 heavy (non-hydrogen) atoms. The summed E-state index contributed by atoms with van der Waals surface area (Å²) in [5.41, 5.74) is 16.3. The topological polar surface area (TPSA) is 15.7 Å². The third-order valence-corrected chi connectivity index (χ3v) is 13.8. The number of anilines is 5. The molecule has 286 valence electrons. The number of hydrogen-bond acceptors (Lipinski definition) is 4. The van der Waals surface area contributed by atoms with Gasteiger partial charge in [0.1, 0.15) is 5.75 Å². The Morgan fingerprint density at radius 3 is 1.79 bits per heavy atom. The van der Waals surface area contributed by atoms with E-state index in [9.17, 15) is 0 Å². The fourth-order valence-corrected chi connectivity index (χ4v) is 10.4. The van der Waals surface area contributed by atoms with Crippen molar-refractivity contribution in [3.05, 3.63) is 125 Å². The number of rotatable bonds is 1. The van der Waals surface area contributed by atoms with Gasteiger partial charge in [-0.3, -0.25) is 0 Å². The number of thiophene rings is 1. The number of benzene rings is 6. The van der Waals surface area contributed by atoms with Crippen LogP contribution in [0.25, 0.3) is 31.3 Å². The molecule has 3 aliphatic heterocycles. The van der Waals surface area contributed by atoms with Gasteiger partial charge in [-0.05, 0) is 121 Å². The van der Waals surface area contributed by atoms with E-state index in [4.69, 9.17) is 4.74 Å². The largest absolute Gasteiger partial charge is 0.453 e. The van der Waals surface area contributed by atoms with Gasteiger partial charge >= 0.3 is 6.85 Å². The van der Waals surface area contributed by atoms with Crippen molar-refractivity contribution in [2.75, 3.05) is 9.71 Å². The van der Waals surface area contributed by atoms with E-state index < -0.39 is 0 Å². The van der Waals surface area contributed by atoms with E-state index in [1.54, 1.807) is 0 Å². The summed E-state index contributed by atoms with van der Waals surface area (Å²) in [5.74, 6) is 1.86. The molecule has 0 fully saturated rings. The zero-order chi connectivity index (χ0) is 40.1. The second-order valence-corrected chi connectivity index (χ2v) is 21.9. The van der Waals surface area contributed by atoms with Crippen LogP contribution in [0.2, 0.25) is 0 Å². The molecule has 0 aliphatic carbocycles. The van der Waals surface area contributed by atoms with Gasteiger partial charge in [-0.15, -0.1) is 11.3 Å². The van der Waals surface area contributed by atoms with Crippen molar-refractivity contribution in [1.29, 1.82) is 0 Å². The van der Waals surface area contributed by atoms with Gasteiger partial charge in [-0.1, -0.05) is 126 Å². The van der Waals surface area contributed by atoms with Crippen LogP contribution in [0.15, 0.2) is 103 Å². The Morgan fingerprint density at radius 2 is 1.11 bits per heavy atom. The number of ether oxygens (including phenoxy) is 1. The summed E-state index contributed by atoms with van der Waals surface area (Å²) in [6.07, 6.45) is 0. The third-order valence-electron chi connectivity index (χ3n) is 12.6. The first-order chi connectivity index (χ1) is 26.8. The average molecular weight is 765 g/mol. The van der Waals surface area contributed by atoms with Crippen LogP contribution in [0.3, 0.4) is 0 Å². The number of hydrogen-bond donors (Lipinski definition) is 0. The number of fused-ring (bicyclic) bond motifs is 9. The summed E-state index contributed by atoms with van der Waals surface area (Å²) >= 11 is 1.90. The molecule has 0 N–H and O–H groups in total. The smallest absolute Gasteiger partial charge is 0.333 e. The molecule has 1 aromatic heterocycles. The Balaban J connectivity index is 1.36. The summed E-state index contributed by atoms with van der Waals surface area (Å²) in [5, 5.41) is 2.63. The predicted molar refractivity (Wildman–Crippen MR) is 248 cm³/mol. The van der Waals surface area contributed by atoms with Crippen molar-refractivity contribution < 1.29 is 4.74 Å². The molecule has 0 spiro atoms. The Morgan fingerprint density at radius 1 is 0.491 bits per heavy atom. The minimum Gasteiger partial charge on any atom is -0.453 e. The van der Waals surface area contributed by atoms with Gasteiger partial charge in [-0.25, -0.2) is 0 Å². The van der Waals surface area contributed by atoms with Gasteiger partial charge < -0.3 is 14.4 Å². The lowest BCUT2D eigenvalue weighted by Gasteiger charge is -2.48. The van der Waals surface area contributed by atoms with E-state index in [-0.39, 0.29) is 28.5 Å². The molecular weight excluding hydrogens is 711 g/mol. The van der Waals surface area contributed by atoms with Crippen molar-refractivity contribution in [2.24, 2.45) is 0 Å². The van der Waals surface area contributed by atoms with E-state index in [1.807, 2.05) is 11.3 Å². The molecule has 4 heterocycles. The summed E-state index contributed by atoms with van der Waals surface area (Å²) in [6.45, 7) is 27.7. The van der Waals surface area contributed by atoms with Crippen LogP contribution in [0.4, 0.5) is 28.4 Å². The monoisotopic (exact) mass is 764 g/mol. The molecule has 0 saturated carbocycles. The highest BCUT2D eigenvalue weighted by Crippen LogP contribution is 2.57. The second kappa shape index (κ2) is 11.8. The van der Waals surface area contributed by atoms with E-state index in [2.05, 4.69) is 196 Å². The molecule has 0 amide bonds. The summed E-state index contributed by atoms with van der Waals surface area (Å²) in [6, 6.07) is 40.0. The minimum atomic E-state index is -0.0815. The molecule has 6 aromatic carbocycles. The molecule has 5 heteroatoms. The van der Waals surface area contributed by atoms with Gasteiger partial charge in [0.05, 0.1) is 11.4 Å². The molecular formula is C52H53BN2OS. The van der Waals surface area contributed by atoms with Gasteiger partial charge in [-0.2, -0.15) is 0 Å². The van der Waals surface area contributed by atoms with Crippen LogP contribution in [0.5, 0.6) is 11.5 Å². The van der Waals surface area contributed by atoms with Gasteiger partial charge in [0.25, 0.3) is 0 Å². The fourth-order valence-electron chi connectivity index (χ4n) is 9.24. The molecule has 0 radical (unpaired) electrons. The Hall–Kier alpha value is -5.00. The highest BCUT2D eigenvalue weighted by Gasteiger charge is 2.49. The average Bonchev–Trinajstić information content (AvgIpc) is 3.50. The third kappa shape index (κ3) is 5.52. The Labute approximate surface area is 343 Å². The molecule has 0 unspecified atom stereocenters. The molecule has 7 aromatic rings. The van der Waals surface area contributed by atoms with Gasteiger partial charge in [0.15, 0.2) is 5.75 Å². The van der Waals surface area contributed by atoms with E-state index in [0.29, 0.717) is 0 Å². The first-order valence-corrected chi connectivity index (χ1v) is 21.4. The predicted octanol–water partition coefficient (Wildman–Crippen LogP) is 14.1. The zero-order valence-electron chi connectivity index (χ0n) is 35.6. The van der Waals surface area contributed by atoms with Crippen LogP contribution >= 0.6 is 11.3 Å². The molecule has 3 nitrogen and oxygen atoms in total. The highest BCUT2D eigenvalue weighted by atomic mass is 32.1. The Bertz CT molecular complexity index is 2820. The van der Waals surface area contributed by atoms with Crippen LogP contribution in [-0.2, 0) is 21.7 Å². The first-order valence-electron chi connectivity index (χ1n) is 20.6. The lowest BCUT2D eigenvalue weighted by Crippen LogP contribution is -2.62. The first kappa shape index (κ1) is 36.4. The maximum absolute atomic E-state index is 7.13. The van der Waals surface area contributed by atoms with E-state index in [1.165, 1.54) is 87.2 Å². The van der Waals surface area contributed by atoms with Gasteiger partial charge in [0.2, 0.25) is 0 Å². The Kier molecular flexibility index (Phi) is 7.52. The highest BCUT2D eigenvalue weighted by molar-refractivity contribution is 7.26. The maximum atomic E-state index is 7.13. The van der Waals surface area contributed by atoms with E-state index in [0.717, 1.165) is 17.2 Å². The molecule has 0 bridgehead atoms. The lowest BCUT2D eigenvalue weighted by atomic mass is 9.43. The normalized spacial score (nSPS) is 14.7. The van der Waals surface area contributed by atoms with Crippen LogP contribution in [-0.4, -0.2) is 6.85 Å². The van der Waals surface area contributed by atoms with Crippen LogP contribution < -0.4 is 25.4 Å². The number of nitrogens with zero attached hydrogens (tertiary/aromatic N) is 2. The molecule has 3 aliphatic rings. The standard InChI is InChI=1S/C52H53BN2OS/c1-49(2,3)30-17-20-34(21-18-30)54-41-28-36-35-15-13-14-16-45(35)57-46(36)29-39(41)53-47-37(23-32(25-42(47)54)51(7,8)9)38-24-33(52(10,11)12)27-44-48(38)55(53)40-22-19-31(50(4,5)6)26-43(40)56-44/h13-29H,1-12H3. The summed E-state index contributed by atoms with van der Waals surface area (Å²) < 4.78 is 9.77. The molecule has 10 rings (SSSR count). The molecule has 0 saturated heterocycles.